The average Bonchev–Trinajstić information content (AvgIpc) is 1.92. The third-order valence-corrected chi connectivity index (χ3v) is 2.89. The third-order valence-electron chi connectivity index (χ3n) is 2.89. The van der Waals surface area contributed by atoms with E-state index in [1.54, 1.807) is 0 Å². The molecule has 0 saturated carbocycles. The smallest absolute Gasteiger partial charge is 0.0602 e. The van der Waals surface area contributed by atoms with Gasteiger partial charge < -0.3 is 0 Å². The first-order chi connectivity index (χ1) is 5.73. The van der Waals surface area contributed by atoms with E-state index < -0.39 is 0 Å². The molecule has 0 unspecified atom stereocenters. The van der Waals surface area contributed by atoms with Crippen LogP contribution in [0.15, 0.2) is 17.1 Å². The Kier molecular flexibility index (Phi) is 2.40. The van der Waals surface area contributed by atoms with Gasteiger partial charge in [0.25, 0.3) is 0 Å². The van der Waals surface area contributed by atoms with Crippen molar-refractivity contribution in [3.63, 3.8) is 0 Å². The average molecular weight is 179 g/mol. The summed E-state index contributed by atoms with van der Waals surface area (Å²) in [5.41, 5.74) is 3.06. The lowest BCUT2D eigenvalue weighted by Crippen LogP contribution is -2.32. The van der Waals surface area contributed by atoms with Crippen LogP contribution in [0.25, 0.3) is 0 Å². The second-order valence-corrected chi connectivity index (χ2v) is 5.68. The highest BCUT2D eigenvalue weighted by molar-refractivity contribution is 5.91. The Morgan fingerprint density at radius 2 is 1.85 bits per heavy atom. The molecular formula is C12H21N. The van der Waals surface area contributed by atoms with E-state index >= 15 is 0 Å². The minimum atomic E-state index is 0.220. The van der Waals surface area contributed by atoms with Crippen molar-refractivity contribution in [3.8, 4) is 0 Å². The maximum absolute atomic E-state index is 4.59. The first-order valence-corrected chi connectivity index (χ1v) is 4.95. The van der Waals surface area contributed by atoms with Gasteiger partial charge in [0.1, 0.15) is 0 Å². The predicted octanol–water partition coefficient (Wildman–Crippen LogP) is 3.46. The van der Waals surface area contributed by atoms with Gasteiger partial charge in [-0.1, -0.05) is 46.8 Å². The Hall–Kier alpha value is -0.590. The summed E-state index contributed by atoms with van der Waals surface area (Å²) in [5.74, 6) is 0. The molecule has 0 aliphatic carbocycles. The Balaban J connectivity index is 2.90. The van der Waals surface area contributed by atoms with Crippen molar-refractivity contribution in [2.24, 2.45) is 15.8 Å². The van der Waals surface area contributed by atoms with Crippen molar-refractivity contribution < 1.29 is 0 Å². The van der Waals surface area contributed by atoms with E-state index in [1.807, 2.05) is 0 Å². The summed E-state index contributed by atoms with van der Waals surface area (Å²) >= 11 is 0. The van der Waals surface area contributed by atoms with Crippen molar-refractivity contribution in [2.45, 2.75) is 41.0 Å². The van der Waals surface area contributed by atoms with Crippen LogP contribution in [0.5, 0.6) is 0 Å². The highest BCUT2D eigenvalue weighted by Crippen LogP contribution is 2.37. The molecule has 1 rings (SSSR count). The molecule has 0 spiro atoms. The molecule has 0 aromatic heterocycles. The molecule has 0 aromatic rings. The number of hydrogen-bond acceptors (Lipinski definition) is 1. The van der Waals surface area contributed by atoms with Crippen LogP contribution in [0.3, 0.4) is 0 Å². The van der Waals surface area contributed by atoms with Gasteiger partial charge in [-0.05, 0) is 17.3 Å². The molecule has 1 heteroatoms. The molecule has 0 atom stereocenters. The van der Waals surface area contributed by atoms with Gasteiger partial charge in [-0.3, -0.25) is 4.99 Å². The predicted molar refractivity (Wildman–Crippen MR) is 59.3 cm³/mol. The largest absolute Gasteiger partial charge is 0.289 e. The topological polar surface area (TPSA) is 12.4 Å². The molecule has 0 aromatic carbocycles. The number of rotatable bonds is 0. The molecule has 1 aliphatic rings. The van der Waals surface area contributed by atoms with Gasteiger partial charge in [-0.15, -0.1) is 0 Å². The van der Waals surface area contributed by atoms with Gasteiger partial charge in [0.2, 0.25) is 0 Å². The van der Waals surface area contributed by atoms with Crippen molar-refractivity contribution in [1.82, 2.24) is 0 Å². The van der Waals surface area contributed by atoms with E-state index in [9.17, 15) is 0 Å². The van der Waals surface area contributed by atoms with Crippen LogP contribution in [0, 0.1) is 10.8 Å². The number of aliphatic imine (C=N–C) groups is 1. The zero-order valence-electron chi connectivity index (χ0n) is 9.57. The van der Waals surface area contributed by atoms with Gasteiger partial charge in [0.15, 0.2) is 0 Å². The fourth-order valence-corrected chi connectivity index (χ4v) is 1.51. The Morgan fingerprint density at radius 1 is 1.31 bits per heavy atom. The highest BCUT2D eigenvalue weighted by atomic mass is 14.8. The minimum absolute atomic E-state index is 0.220. The SMILES string of the molecule is C=C1CN=C(C(C)(C)C)CC1(C)C. The summed E-state index contributed by atoms with van der Waals surface area (Å²) in [5, 5.41) is 0. The van der Waals surface area contributed by atoms with Crippen LogP contribution in [0.2, 0.25) is 0 Å². The van der Waals surface area contributed by atoms with Crippen LogP contribution in [-0.2, 0) is 0 Å². The summed E-state index contributed by atoms with van der Waals surface area (Å²) in [6, 6.07) is 0. The summed E-state index contributed by atoms with van der Waals surface area (Å²) < 4.78 is 0. The summed E-state index contributed by atoms with van der Waals surface area (Å²) in [7, 11) is 0. The zero-order valence-corrected chi connectivity index (χ0v) is 9.57. The van der Waals surface area contributed by atoms with Crippen molar-refractivity contribution in [2.75, 3.05) is 6.54 Å². The van der Waals surface area contributed by atoms with E-state index in [0.29, 0.717) is 0 Å². The molecular weight excluding hydrogens is 158 g/mol. The van der Waals surface area contributed by atoms with Gasteiger partial charge >= 0.3 is 0 Å². The molecule has 13 heavy (non-hydrogen) atoms. The number of nitrogens with zero attached hydrogens (tertiary/aromatic N) is 1. The van der Waals surface area contributed by atoms with E-state index in [4.69, 9.17) is 0 Å². The van der Waals surface area contributed by atoms with Crippen LogP contribution < -0.4 is 0 Å². The quantitative estimate of drug-likeness (QED) is 0.505. The monoisotopic (exact) mass is 179 g/mol. The third kappa shape index (κ3) is 2.20. The van der Waals surface area contributed by atoms with Crippen molar-refractivity contribution >= 4 is 5.71 Å². The second kappa shape index (κ2) is 2.97. The number of hydrogen-bond donors (Lipinski definition) is 0. The first-order valence-electron chi connectivity index (χ1n) is 4.95. The lowest BCUT2D eigenvalue weighted by molar-refractivity contribution is 0.421. The molecule has 1 aliphatic heterocycles. The van der Waals surface area contributed by atoms with Crippen LogP contribution >= 0.6 is 0 Å². The fourth-order valence-electron chi connectivity index (χ4n) is 1.51. The van der Waals surface area contributed by atoms with Crippen LogP contribution in [0.1, 0.15) is 41.0 Å². The van der Waals surface area contributed by atoms with E-state index in [1.165, 1.54) is 11.3 Å². The maximum atomic E-state index is 4.59. The van der Waals surface area contributed by atoms with Crippen LogP contribution in [-0.4, -0.2) is 12.3 Å². The first kappa shape index (κ1) is 10.5. The molecule has 0 fully saturated rings. The van der Waals surface area contributed by atoms with Gasteiger partial charge in [0, 0.05) is 5.71 Å². The lowest BCUT2D eigenvalue weighted by atomic mass is 9.72. The molecule has 1 heterocycles. The molecule has 0 saturated heterocycles. The van der Waals surface area contributed by atoms with E-state index in [2.05, 4.69) is 46.2 Å². The molecule has 74 valence electrons. The van der Waals surface area contributed by atoms with Crippen molar-refractivity contribution in [3.05, 3.63) is 12.2 Å². The van der Waals surface area contributed by atoms with Gasteiger partial charge in [0.05, 0.1) is 6.54 Å². The van der Waals surface area contributed by atoms with Crippen molar-refractivity contribution in [1.29, 1.82) is 0 Å². The Labute approximate surface area is 82.0 Å². The van der Waals surface area contributed by atoms with Gasteiger partial charge in [-0.25, -0.2) is 0 Å². The zero-order chi connectivity index (χ0) is 10.3. The lowest BCUT2D eigenvalue weighted by Gasteiger charge is -2.36. The Bertz CT molecular complexity index is 251. The fraction of sp³-hybridized carbons (Fsp3) is 0.750. The van der Waals surface area contributed by atoms with E-state index in [0.717, 1.165) is 13.0 Å². The van der Waals surface area contributed by atoms with Crippen LogP contribution in [0.4, 0.5) is 0 Å². The summed E-state index contributed by atoms with van der Waals surface area (Å²) in [4.78, 5) is 4.59. The molecule has 0 radical (unpaired) electrons. The molecule has 1 nitrogen and oxygen atoms in total. The second-order valence-electron chi connectivity index (χ2n) is 5.68. The molecule has 0 N–H and O–H groups in total. The maximum Gasteiger partial charge on any atom is 0.0602 e. The Morgan fingerprint density at radius 3 is 2.23 bits per heavy atom. The highest BCUT2D eigenvalue weighted by Gasteiger charge is 2.32. The molecule has 0 amide bonds. The summed E-state index contributed by atoms with van der Waals surface area (Å²) in [6.07, 6.45) is 1.06. The normalized spacial score (nSPS) is 22.8. The van der Waals surface area contributed by atoms with E-state index in [-0.39, 0.29) is 10.8 Å². The molecule has 0 bridgehead atoms. The minimum Gasteiger partial charge on any atom is -0.289 e. The standard InChI is InChI=1S/C12H21N/c1-9-8-13-10(11(2,3)4)7-12(9,5)6/h1,7-8H2,2-6H3. The summed E-state index contributed by atoms with van der Waals surface area (Å²) in [6.45, 7) is 16.1. The van der Waals surface area contributed by atoms with Gasteiger partial charge in [-0.2, -0.15) is 0 Å².